The molecule has 0 aliphatic heterocycles. The molecule has 1 nitrogen and oxygen atoms in total. The normalized spacial score (nSPS) is 19.6. The van der Waals surface area contributed by atoms with Crippen molar-refractivity contribution in [2.75, 3.05) is 0 Å². The molecule has 3 atom stereocenters. The molecule has 3 aliphatic carbocycles. The second-order valence-electron chi connectivity index (χ2n) is 15.3. The fraction of sp³-hybridized carbons (Fsp3) is 0.318. The van der Waals surface area contributed by atoms with Crippen LogP contribution in [0.4, 0.5) is 52.7 Å². The molecule has 3 fully saturated rings. The topological polar surface area (TPSA) is 4.93 Å². The van der Waals surface area contributed by atoms with Crippen molar-refractivity contribution in [3.63, 3.8) is 0 Å². The molecule has 0 spiro atoms. The van der Waals surface area contributed by atoms with Crippen LogP contribution in [0.1, 0.15) is 78.7 Å². The second-order valence-corrected chi connectivity index (χ2v) is 15.3. The number of benzene rings is 5. The van der Waals surface area contributed by atoms with Crippen LogP contribution in [0.25, 0.3) is 49.7 Å². The Hall–Kier alpha value is -4.94. The average molecular weight is 804 g/mol. The van der Waals surface area contributed by atoms with Gasteiger partial charge in [-0.15, -0.1) is 0 Å². The van der Waals surface area contributed by atoms with Gasteiger partial charge in [0.2, 0.25) is 0 Å². The maximum absolute atomic E-state index is 13.9. The van der Waals surface area contributed by atoms with Crippen LogP contribution >= 0.6 is 0 Å². The van der Waals surface area contributed by atoms with Crippen molar-refractivity contribution < 1.29 is 52.7 Å². The molecule has 0 saturated heterocycles. The Morgan fingerprint density at radius 1 is 0.439 bits per heavy atom. The molecule has 57 heavy (non-hydrogen) atoms. The molecule has 2 bridgehead atoms. The van der Waals surface area contributed by atoms with E-state index < -0.39 is 47.0 Å². The zero-order chi connectivity index (χ0) is 40.7. The van der Waals surface area contributed by atoms with Crippen LogP contribution in [0, 0.1) is 11.8 Å². The van der Waals surface area contributed by atoms with E-state index in [0.29, 0.717) is 57.9 Å². The highest BCUT2D eigenvalue weighted by Gasteiger charge is 2.39. The van der Waals surface area contributed by atoms with Gasteiger partial charge in [0, 0.05) is 16.5 Å². The van der Waals surface area contributed by atoms with Gasteiger partial charge < -0.3 is 4.57 Å². The first-order chi connectivity index (χ1) is 26.8. The summed E-state index contributed by atoms with van der Waals surface area (Å²) < 4.78 is 169. The third-order valence-corrected chi connectivity index (χ3v) is 11.7. The SMILES string of the molecule is FC(F)(F)c1cc(-c2ccc3c(c2)c2cc(-c4cc(C(F)(F)F)cc(C(F)(F)F)c4)ccc2n3-c2ccccc2C2CC3CCCCC2CC3)cc(C(F)(F)F)c1. The molecule has 0 N–H and O–H groups in total. The van der Waals surface area contributed by atoms with E-state index in [1.54, 1.807) is 12.1 Å². The Bertz CT molecular complexity index is 2280. The summed E-state index contributed by atoms with van der Waals surface area (Å²) in [5, 5.41) is 0.652. The van der Waals surface area contributed by atoms with E-state index in [4.69, 9.17) is 0 Å². The zero-order valence-corrected chi connectivity index (χ0v) is 29.9. The lowest BCUT2D eigenvalue weighted by molar-refractivity contribution is -0.144. The van der Waals surface area contributed by atoms with Crippen molar-refractivity contribution in [1.29, 1.82) is 0 Å². The number of alkyl halides is 12. The predicted molar refractivity (Wildman–Crippen MR) is 194 cm³/mol. The summed E-state index contributed by atoms with van der Waals surface area (Å²) in [5.41, 5.74) is -3.98. The van der Waals surface area contributed by atoms with E-state index in [0.717, 1.165) is 49.8 Å². The molecule has 1 aromatic heterocycles. The largest absolute Gasteiger partial charge is 0.416 e. The van der Waals surface area contributed by atoms with Crippen molar-refractivity contribution >= 4 is 21.8 Å². The number of fused-ring (bicyclic) bond motifs is 8. The van der Waals surface area contributed by atoms with Crippen LogP contribution < -0.4 is 0 Å². The standard InChI is InChI=1S/C44H33F12N/c45-41(46,47)30-16-28(17-31(22-30)42(48,49)50)26-11-13-39-36(20-26)37-21-27(29-18-32(43(51,52)53)23-33(19-29)44(54,55)56)12-14-40(37)57(39)38-8-4-3-7-34(38)35-15-24-5-1-2-6-25(35)10-9-24/h3-4,7-8,11-14,16-25,35H,1-2,5-6,9-10,15H2. The van der Waals surface area contributed by atoms with Gasteiger partial charge in [0.05, 0.1) is 33.3 Å². The lowest BCUT2D eigenvalue weighted by Gasteiger charge is -2.40. The van der Waals surface area contributed by atoms with Crippen molar-refractivity contribution in [3.8, 4) is 27.9 Å². The Kier molecular flexibility index (Phi) is 9.47. The van der Waals surface area contributed by atoms with Gasteiger partial charge in [-0.2, -0.15) is 52.7 Å². The smallest absolute Gasteiger partial charge is 0.309 e. The number of hydrogen-bond donors (Lipinski definition) is 0. The van der Waals surface area contributed by atoms with Crippen LogP contribution in [-0.4, -0.2) is 4.57 Å². The fourth-order valence-corrected chi connectivity index (χ4v) is 9.04. The number of halogens is 12. The van der Waals surface area contributed by atoms with Crippen LogP contribution in [-0.2, 0) is 24.7 Å². The Morgan fingerprint density at radius 3 is 1.37 bits per heavy atom. The second kappa shape index (κ2) is 13.9. The molecule has 3 unspecified atom stereocenters. The van der Waals surface area contributed by atoms with E-state index in [2.05, 4.69) is 6.07 Å². The first-order valence-electron chi connectivity index (χ1n) is 18.5. The molecular formula is C44H33F12N. The molecule has 9 rings (SSSR count). The minimum atomic E-state index is -5.11. The monoisotopic (exact) mass is 803 g/mol. The molecule has 1 heterocycles. The number of aromatic nitrogens is 1. The maximum Gasteiger partial charge on any atom is 0.416 e. The van der Waals surface area contributed by atoms with Gasteiger partial charge in [-0.05, 0) is 132 Å². The Labute approximate surface area is 318 Å². The summed E-state index contributed by atoms with van der Waals surface area (Å²) in [7, 11) is 0. The van der Waals surface area contributed by atoms with Crippen molar-refractivity contribution in [1.82, 2.24) is 4.57 Å². The molecule has 0 radical (unpaired) electrons. The van der Waals surface area contributed by atoms with Crippen LogP contribution in [0.2, 0.25) is 0 Å². The van der Waals surface area contributed by atoms with Gasteiger partial charge in [0.15, 0.2) is 0 Å². The highest BCUT2D eigenvalue weighted by atomic mass is 19.4. The van der Waals surface area contributed by atoms with E-state index in [1.165, 1.54) is 30.7 Å². The third kappa shape index (κ3) is 7.49. The minimum Gasteiger partial charge on any atom is -0.309 e. The lowest BCUT2D eigenvalue weighted by Crippen LogP contribution is -2.26. The molecule has 3 aliphatic rings. The molecule has 298 valence electrons. The maximum atomic E-state index is 13.9. The zero-order valence-electron chi connectivity index (χ0n) is 29.9. The molecule has 13 heteroatoms. The number of para-hydroxylation sites is 1. The summed E-state index contributed by atoms with van der Waals surface area (Å²) in [6.07, 6.45) is -12.8. The third-order valence-electron chi connectivity index (χ3n) is 11.7. The molecular weight excluding hydrogens is 770 g/mol. The molecule has 6 aromatic rings. The highest BCUT2D eigenvalue weighted by Crippen LogP contribution is 2.49. The van der Waals surface area contributed by atoms with E-state index in [9.17, 15) is 52.7 Å². The van der Waals surface area contributed by atoms with E-state index in [1.807, 2.05) is 22.8 Å². The molecule has 3 saturated carbocycles. The summed E-state index contributed by atoms with van der Waals surface area (Å²) in [6, 6.07) is 19.1. The number of rotatable bonds is 4. The predicted octanol–water partition coefficient (Wildman–Crippen LogP) is 15.3. The highest BCUT2D eigenvalue weighted by molar-refractivity contribution is 6.11. The summed E-state index contributed by atoms with van der Waals surface area (Å²) in [6.45, 7) is 0. The lowest BCUT2D eigenvalue weighted by atomic mass is 9.66. The van der Waals surface area contributed by atoms with E-state index >= 15 is 0 Å². The fourth-order valence-electron chi connectivity index (χ4n) is 9.04. The van der Waals surface area contributed by atoms with Crippen LogP contribution in [0.3, 0.4) is 0 Å². The van der Waals surface area contributed by atoms with Crippen LogP contribution in [0.15, 0.2) is 97.1 Å². The summed E-state index contributed by atoms with van der Waals surface area (Å²) in [5.74, 6) is 1.16. The summed E-state index contributed by atoms with van der Waals surface area (Å²) in [4.78, 5) is 0. The first kappa shape index (κ1) is 38.9. The first-order valence-corrected chi connectivity index (χ1v) is 18.5. The molecule has 0 amide bonds. The number of hydrogen-bond acceptors (Lipinski definition) is 0. The van der Waals surface area contributed by atoms with Gasteiger partial charge in [-0.1, -0.05) is 56.0 Å². The minimum absolute atomic E-state index is 0.00686. The van der Waals surface area contributed by atoms with Gasteiger partial charge in [-0.3, -0.25) is 0 Å². The van der Waals surface area contributed by atoms with Crippen molar-refractivity contribution in [3.05, 3.63) is 125 Å². The van der Waals surface area contributed by atoms with Gasteiger partial charge >= 0.3 is 24.7 Å². The van der Waals surface area contributed by atoms with Crippen molar-refractivity contribution in [2.24, 2.45) is 11.8 Å². The average Bonchev–Trinajstić information content (AvgIpc) is 3.46. The van der Waals surface area contributed by atoms with Crippen LogP contribution in [0.5, 0.6) is 0 Å². The van der Waals surface area contributed by atoms with Gasteiger partial charge in [0.1, 0.15) is 0 Å². The van der Waals surface area contributed by atoms with Gasteiger partial charge in [0.25, 0.3) is 0 Å². The quantitative estimate of drug-likeness (QED) is 0.156. The van der Waals surface area contributed by atoms with E-state index in [-0.39, 0.29) is 40.3 Å². The van der Waals surface area contributed by atoms with Crippen molar-refractivity contribution in [2.45, 2.75) is 75.6 Å². The number of nitrogens with zero attached hydrogens (tertiary/aromatic N) is 1. The van der Waals surface area contributed by atoms with Gasteiger partial charge in [-0.25, -0.2) is 0 Å². The molecule has 5 aromatic carbocycles. The Morgan fingerprint density at radius 2 is 0.895 bits per heavy atom. The Balaban J connectivity index is 1.39. The summed E-state index contributed by atoms with van der Waals surface area (Å²) >= 11 is 0.